The molecule has 0 amide bonds. The van der Waals surface area contributed by atoms with Crippen LogP contribution in [0.3, 0.4) is 0 Å². The zero-order valence-corrected chi connectivity index (χ0v) is 15.5. The average Bonchev–Trinajstić information content (AvgIpc) is 1.71. The fraction of sp³-hybridized carbons (Fsp3) is 0.167. The van der Waals surface area contributed by atoms with Gasteiger partial charge >= 0.3 is 21.1 Å². The van der Waals surface area contributed by atoms with Crippen molar-refractivity contribution < 1.29 is 89.2 Å². The normalized spacial score (nSPS) is 3.42. The summed E-state index contributed by atoms with van der Waals surface area (Å²) in [6.45, 7) is 6.69. The van der Waals surface area contributed by atoms with Gasteiger partial charge in [0.2, 0.25) is 0 Å². The fourth-order valence-corrected chi connectivity index (χ4v) is 0.0170. The third-order valence-electron chi connectivity index (χ3n) is 0.0833. The van der Waals surface area contributed by atoms with E-state index < -0.39 is 0 Å². The van der Waals surface area contributed by atoms with Crippen LogP contribution in [-0.4, -0.2) is 12.9 Å². The van der Waals surface area contributed by atoms with Gasteiger partial charge in [-0.15, -0.1) is 12.9 Å². The van der Waals surface area contributed by atoms with Gasteiger partial charge in [-0.1, -0.05) is 0 Å². The zero-order chi connectivity index (χ0) is 6.83. The molecule has 0 aromatic carbocycles. The first-order chi connectivity index (χ1) is 3.83. The van der Waals surface area contributed by atoms with E-state index in [1.165, 1.54) is 0 Å². The second-order valence-corrected chi connectivity index (χ2v) is 0.622. The van der Waals surface area contributed by atoms with E-state index in [0.717, 1.165) is 12.9 Å². The van der Waals surface area contributed by atoms with E-state index in [0.29, 0.717) is 0 Å². The van der Waals surface area contributed by atoms with Crippen molar-refractivity contribution in [3.8, 4) is 0 Å². The van der Waals surface area contributed by atoms with E-state index >= 15 is 0 Å². The van der Waals surface area contributed by atoms with Crippen molar-refractivity contribution in [1.82, 2.24) is 0 Å². The number of rotatable bonds is 2. The Bertz CT molecular complexity index is 75.2. The molecule has 0 spiro atoms. The van der Waals surface area contributed by atoms with Gasteiger partial charge in [-0.05, 0) is 0 Å². The summed E-state index contributed by atoms with van der Waals surface area (Å²) in [7, 11) is 0. The minimum Gasteiger partial charge on any atom is -0.783 e. The van der Waals surface area contributed by atoms with Crippen molar-refractivity contribution in [2.24, 2.45) is 0 Å². The predicted octanol–water partition coefficient (Wildman–Crippen LogP) is 0.576. The van der Waals surface area contributed by atoms with E-state index in [4.69, 9.17) is 9.59 Å². The van der Waals surface area contributed by atoms with E-state index in [-0.39, 0.29) is 82.3 Å². The molecule has 0 N–H and O–H groups in total. The molecule has 6 heteroatoms. The second-order valence-electron chi connectivity index (χ2n) is 0.622. The van der Waals surface area contributed by atoms with Crippen molar-refractivity contribution in [2.45, 2.75) is 6.92 Å². The molecule has 0 aromatic rings. The Labute approximate surface area is 127 Å². The molecule has 0 aliphatic heterocycles. The van der Waals surface area contributed by atoms with Crippen LogP contribution in [0.1, 0.15) is 6.92 Å². The third kappa shape index (κ3) is 108. The van der Waals surface area contributed by atoms with Gasteiger partial charge in [0.1, 0.15) is 0 Å². The maximum absolute atomic E-state index is 8.80. The average molecular weight is 585 g/mol. The maximum atomic E-state index is 8.80. The van der Waals surface area contributed by atoms with Crippen LogP contribution in [0.2, 0.25) is 0 Å². The number of allylic oxidation sites excluding steroid dienone is 1. The van der Waals surface area contributed by atoms with Gasteiger partial charge in [-0.25, -0.2) is 0 Å². The number of hydrogen-bond acceptors (Lipinski definition) is 3. The molecule has 0 saturated carbocycles. The smallest absolute Gasteiger partial charge is 0.783 e. The molecule has 0 aliphatic rings. The summed E-state index contributed by atoms with van der Waals surface area (Å²) in [5.41, 5.74) is 0. The van der Waals surface area contributed by atoms with Crippen molar-refractivity contribution >= 4 is 12.9 Å². The molecule has 0 aliphatic carbocycles. The van der Waals surface area contributed by atoms with E-state index in [2.05, 4.69) is 17.4 Å². The predicted molar refractivity (Wildman–Crippen MR) is 33.4 cm³/mol. The van der Waals surface area contributed by atoms with Crippen LogP contribution in [0.5, 0.6) is 0 Å². The Hall–Kier alpha value is 1.36. The summed E-state index contributed by atoms with van der Waals surface area (Å²) >= 11 is 0. The van der Waals surface area contributed by atoms with Crippen LogP contribution in [0, 0.1) is 13.5 Å². The molecule has 0 atom stereocenters. The Balaban J connectivity index is -0.0000000119. The van der Waals surface area contributed by atoms with Gasteiger partial charge in [0, 0.05) is 53.8 Å². The maximum Gasteiger partial charge on any atom is 2.00 e. The SMILES string of the molecule is C=[C-]C.O=[C-]O[C-]=O.[CH3-].[W+2].[W].[Y]. The molecule has 0 heterocycles. The monoisotopic (exact) mass is 585 g/mol. The Morgan fingerprint density at radius 3 is 1.42 bits per heavy atom. The van der Waals surface area contributed by atoms with Crippen molar-refractivity contribution in [2.75, 3.05) is 0 Å². The summed E-state index contributed by atoms with van der Waals surface area (Å²) in [5.74, 6) is 0. The van der Waals surface area contributed by atoms with Gasteiger partial charge in [0.15, 0.2) is 0 Å². The molecule has 12 heavy (non-hydrogen) atoms. The minimum atomic E-state index is 0. The largest absolute Gasteiger partial charge is 2.00 e. The summed E-state index contributed by atoms with van der Waals surface area (Å²) in [6, 6.07) is 0. The van der Waals surface area contributed by atoms with E-state index in [1.807, 2.05) is 0 Å². The topological polar surface area (TPSA) is 43.4 Å². The van der Waals surface area contributed by atoms with Crippen LogP contribution in [0.15, 0.2) is 6.58 Å². The van der Waals surface area contributed by atoms with Gasteiger partial charge in [0.25, 0.3) is 0 Å². The number of hydrogen-bond donors (Lipinski definition) is 0. The molecule has 0 rings (SSSR count). The molecule has 3 nitrogen and oxygen atoms in total. The van der Waals surface area contributed by atoms with Crippen LogP contribution < -0.4 is 0 Å². The van der Waals surface area contributed by atoms with Gasteiger partial charge in [-0.3, -0.25) is 6.58 Å². The first-order valence-corrected chi connectivity index (χ1v) is 1.67. The van der Waals surface area contributed by atoms with Gasteiger partial charge < -0.3 is 27.8 Å². The summed E-state index contributed by atoms with van der Waals surface area (Å²) in [5, 5.41) is 0. The van der Waals surface area contributed by atoms with Crippen molar-refractivity contribution in [1.29, 1.82) is 0 Å². The molecule has 0 fully saturated rings. The quantitative estimate of drug-likeness (QED) is 0.353. The van der Waals surface area contributed by atoms with E-state index in [9.17, 15) is 0 Å². The van der Waals surface area contributed by atoms with Crippen LogP contribution in [-0.2, 0) is 89.2 Å². The van der Waals surface area contributed by atoms with Gasteiger partial charge in [-0.2, -0.15) is 6.92 Å². The van der Waals surface area contributed by atoms with Crippen LogP contribution in [0.4, 0.5) is 0 Å². The first-order valence-electron chi connectivity index (χ1n) is 1.67. The Morgan fingerprint density at radius 2 is 1.42 bits per heavy atom. The standard InChI is InChI=1S/C3H5.C2O3.CH3.2W.Y/c1-3-2;3-1-5-2-4;;;;/h1H2,2H3;;1H3;;;/q-1;-2;-1;;+2;. The molecule has 1 radical (unpaired) electrons. The van der Waals surface area contributed by atoms with E-state index in [1.54, 1.807) is 6.92 Å². The number of ether oxygens (including phenoxy) is 1. The summed E-state index contributed by atoms with van der Waals surface area (Å²) in [6.07, 6.45) is 2.50. The minimum absolute atomic E-state index is 0. The third-order valence-corrected chi connectivity index (χ3v) is 0.0833. The fourth-order valence-electron chi connectivity index (χ4n) is 0.0170. The molecule has 0 aromatic heterocycles. The van der Waals surface area contributed by atoms with Crippen molar-refractivity contribution in [3.05, 3.63) is 20.1 Å². The Kier molecular flexibility index (Phi) is 174. The van der Waals surface area contributed by atoms with Gasteiger partial charge in [0.05, 0.1) is 0 Å². The Morgan fingerprint density at radius 1 is 1.25 bits per heavy atom. The first kappa shape index (κ1) is 37.7. The summed E-state index contributed by atoms with van der Waals surface area (Å²) in [4.78, 5) is 17.6. The molecule has 0 saturated heterocycles. The molecular formula is C6H8O3W2Y-2. The summed E-state index contributed by atoms with van der Waals surface area (Å²) < 4.78 is 3.22. The second kappa shape index (κ2) is 55.5. The number of carbonyl (C=O) groups excluding carboxylic acids is 2. The van der Waals surface area contributed by atoms with Crippen molar-refractivity contribution in [3.63, 3.8) is 0 Å². The zero-order valence-electron chi connectivity index (χ0n) is 6.83. The molecule has 67 valence electrons. The van der Waals surface area contributed by atoms with Crippen LogP contribution in [0.25, 0.3) is 0 Å². The molecule has 0 bridgehead atoms. The molecular weight excluding hydrogens is 577 g/mol. The molecule has 0 unspecified atom stereocenters. The van der Waals surface area contributed by atoms with Crippen LogP contribution >= 0.6 is 0 Å².